The number of amides is 2. The van der Waals surface area contributed by atoms with Crippen LogP contribution in [0.2, 0.25) is 0 Å². The summed E-state index contributed by atoms with van der Waals surface area (Å²) >= 11 is 0. The molecular weight excluding hydrogens is 371 g/mol. The Kier molecular flexibility index (Phi) is 7.14. The Bertz CT molecular complexity index is 717. The van der Waals surface area contributed by atoms with Gasteiger partial charge in [0, 0.05) is 6.42 Å². The average molecular weight is 404 g/mol. The summed E-state index contributed by atoms with van der Waals surface area (Å²) in [5, 5.41) is 12.5. The zero-order chi connectivity index (χ0) is 22.0. The number of benzene rings is 1. The molecule has 1 aliphatic heterocycles. The monoisotopic (exact) mass is 404 g/mol. The Hall–Kier alpha value is -1.90. The number of nitrogens with one attached hydrogen (secondary N) is 1. The molecule has 0 unspecified atom stereocenters. The summed E-state index contributed by atoms with van der Waals surface area (Å²) in [6.45, 7) is 11.8. The number of aliphatic hydroxyl groups excluding tert-OH is 1. The van der Waals surface area contributed by atoms with Crippen molar-refractivity contribution in [2.24, 2.45) is 11.7 Å². The summed E-state index contributed by atoms with van der Waals surface area (Å²) in [6.07, 6.45) is -0.609. The van der Waals surface area contributed by atoms with Crippen LogP contribution < -0.4 is 16.5 Å². The first-order valence-corrected chi connectivity index (χ1v) is 10.0. The molecule has 4 N–H and O–H groups in total. The summed E-state index contributed by atoms with van der Waals surface area (Å²) in [4.78, 5) is 23.9. The van der Waals surface area contributed by atoms with E-state index < -0.39 is 42.3 Å². The molecule has 0 spiro atoms. The van der Waals surface area contributed by atoms with Crippen LogP contribution in [0, 0.1) is 5.92 Å². The Balaban J connectivity index is 2.03. The lowest BCUT2D eigenvalue weighted by atomic mass is 9.78. The van der Waals surface area contributed by atoms with Crippen molar-refractivity contribution >= 4 is 24.4 Å². The van der Waals surface area contributed by atoms with Crippen molar-refractivity contribution < 1.29 is 24.0 Å². The van der Waals surface area contributed by atoms with Crippen LogP contribution in [0.4, 0.5) is 0 Å². The highest BCUT2D eigenvalue weighted by molar-refractivity contribution is 6.62. The number of rotatable bonds is 8. The first-order chi connectivity index (χ1) is 13.3. The van der Waals surface area contributed by atoms with E-state index in [0.29, 0.717) is 6.42 Å². The van der Waals surface area contributed by atoms with Crippen LogP contribution in [-0.2, 0) is 25.3 Å². The number of aliphatic hydroxyl groups is 1. The van der Waals surface area contributed by atoms with Gasteiger partial charge in [-0.3, -0.25) is 9.59 Å². The van der Waals surface area contributed by atoms with E-state index in [-0.39, 0.29) is 12.3 Å². The molecular formula is C21H33BN2O5. The number of hydrogen-bond donors (Lipinski definition) is 3. The lowest BCUT2D eigenvalue weighted by molar-refractivity contribution is -0.133. The van der Waals surface area contributed by atoms with E-state index in [9.17, 15) is 14.7 Å². The van der Waals surface area contributed by atoms with Gasteiger partial charge in [0.1, 0.15) is 12.1 Å². The molecule has 2 atom stereocenters. The summed E-state index contributed by atoms with van der Waals surface area (Å²) < 4.78 is 12.1. The van der Waals surface area contributed by atoms with E-state index >= 15 is 0 Å². The van der Waals surface area contributed by atoms with Gasteiger partial charge in [0.15, 0.2) is 0 Å². The number of primary amides is 1. The first-order valence-electron chi connectivity index (χ1n) is 10.0. The number of hydrogen-bond acceptors (Lipinski definition) is 5. The van der Waals surface area contributed by atoms with Crippen molar-refractivity contribution in [3.63, 3.8) is 0 Å². The third-order valence-electron chi connectivity index (χ3n) is 5.60. The molecule has 0 saturated carbocycles. The Morgan fingerprint density at radius 2 is 1.62 bits per heavy atom. The first kappa shape index (κ1) is 23.4. The minimum Gasteiger partial charge on any atom is -0.399 e. The SMILES string of the molecule is CC(C)C[C@H](O)C(=O)N[C@H](Cc1ccc(B2OC(C)(C)C(C)(C)O2)cc1)C(N)=O. The van der Waals surface area contributed by atoms with Crippen LogP contribution in [0.3, 0.4) is 0 Å². The molecule has 1 aromatic rings. The lowest BCUT2D eigenvalue weighted by Crippen LogP contribution is -2.49. The summed E-state index contributed by atoms with van der Waals surface area (Å²) in [5.74, 6) is -1.08. The van der Waals surface area contributed by atoms with Gasteiger partial charge in [0.25, 0.3) is 0 Å². The lowest BCUT2D eigenvalue weighted by Gasteiger charge is -2.32. The van der Waals surface area contributed by atoms with E-state index in [1.807, 2.05) is 65.8 Å². The molecule has 1 saturated heterocycles. The van der Waals surface area contributed by atoms with Crippen molar-refractivity contribution in [2.45, 2.75) is 77.7 Å². The molecule has 160 valence electrons. The van der Waals surface area contributed by atoms with E-state index in [1.165, 1.54) is 0 Å². The molecule has 1 aliphatic rings. The fraction of sp³-hybridized carbons (Fsp3) is 0.619. The number of nitrogens with two attached hydrogens (primary N) is 1. The van der Waals surface area contributed by atoms with Crippen LogP contribution in [0.5, 0.6) is 0 Å². The van der Waals surface area contributed by atoms with E-state index in [2.05, 4.69) is 5.32 Å². The second kappa shape index (κ2) is 8.85. The van der Waals surface area contributed by atoms with Crippen LogP contribution in [0.15, 0.2) is 24.3 Å². The van der Waals surface area contributed by atoms with E-state index in [4.69, 9.17) is 15.0 Å². The maximum absolute atomic E-state index is 12.1. The fourth-order valence-corrected chi connectivity index (χ4v) is 3.07. The average Bonchev–Trinajstić information content (AvgIpc) is 2.81. The van der Waals surface area contributed by atoms with Crippen LogP contribution >= 0.6 is 0 Å². The maximum Gasteiger partial charge on any atom is 0.494 e. The predicted octanol–water partition coefficient (Wildman–Crippen LogP) is 0.905. The highest BCUT2D eigenvalue weighted by atomic mass is 16.7. The van der Waals surface area contributed by atoms with E-state index in [1.54, 1.807) is 0 Å². The Labute approximate surface area is 173 Å². The Morgan fingerprint density at radius 1 is 1.10 bits per heavy atom. The molecule has 1 heterocycles. The van der Waals surface area contributed by atoms with E-state index in [0.717, 1.165) is 11.0 Å². The Morgan fingerprint density at radius 3 is 2.07 bits per heavy atom. The van der Waals surface area contributed by atoms with Crippen LogP contribution in [-0.4, -0.2) is 47.4 Å². The molecule has 0 aromatic heterocycles. The van der Waals surface area contributed by atoms with Gasteiger partial charge in [-0.1, -0.05) is 38.1 Å². The van der Waals surface area contributed by atoms with Crippen molar-refractivity contribution in [3.8, 4) is 0 Å². The number of carbonyl (C=O) groups is 2. The van der Waals surface area contributed by atoms with Gasteiger partial charge in [-0.15, -0.1) is 0 Å². The summed E-state index contributed by atoms with van der Waals surface area (Å²) in [5.41, 5.74) is 6.30. The third kappa shape index (κ3) is 5.81. The highest BCUT2D eigenvalue weighted by Crippen LogP contribution is 2.36. The minimum atomic E-state index is -1.16. The maximum atomic E-state index is 12.1. The minimum absolute atomic E-state index is 0.158. The summed E-state index contributed by atoms with van der Waals surface area (Å²) in [6, 6.07) is 6.57. The number of carbonyl (C=O) groups excluding carboxylic acids is 2. The second-order valence-corrected chi connectivity index (χ2v) is 9.14. The zero-order valence-corrected chi connectivity index (χ0v) is 18.2. The molecule has 29 heavy (non-hydrogen) atoms. The zero-order valence-electron chi connectivity index (χ0n) is 18.2. The van der Waals surface area contributed by atoms with Crippen LogP contribution in [0.1, 0.15) is 53.5 Å². The fourth-order valence-electron chi connectivity index (χ4n) is 3.07. The molecule has 0 bridgehead atoms. The molecule has 8 heteroatoms. The molecule has 0 radical (unpaired) electrons. The van der Waals surface area contributed by atoms with Gasteiger partial charge < -0.3 is 25.5 Å². The van der Waals surface area contributed by atoms with Gasteiger partial charge in [-0.25, -0.2) is 0 Å². The molecule has 2 amide bonds. The van der Waals surface area contributed by atoms with Crippen LogP contribution in [0.25, 0.3) is 0 Å². The largest absolute Gasteiger partial charge is 0.494 e. The smallest absolute Gasteiger partial charge is 0.399 e. The third-order valence-corrected chi connectivity index (χ3v) is 5.60. The molecule has 0 aliphatic carbocycles. The van der Waals surface area contributed by atoms with Gasteiger partial charge in [0.2, 0.25) is 11.8 Å². The van der Waals surface area contributed by atoms with Crippen molar-refractivity contribution in [3.05, 3.63) is 29.8 Å². The molecule has 2 rings (SSSR count). The van der Waals surface area contributed by atoms with Gasteiger partial charge in [-0.05, 0) is 51.1 Å². The molecule has 1 aromatic carbocycles. The van der Waals surface area contributed by atoms with Crippen molar-refractivity contribution in [2.75, 3.05) is 0 Å². The topological polar surface area (TPSA) is 111 Å². The summed E-state index contributed by atoms with van der Waals surface area (Å²) in [7, 11) is -0.466. The van der Waals surface area contributed by atoms with Gasteiger partial charge in [0.05, 0.1) is 11.2 Å². The quantitative estimate of drug-likeness (QED) is 0.558. The molecule has 1 fully saturated rings. The van der Waals surface area contributed by atoms with Gasteiger partial charge in [-0.2, -0.15) is 0 Å². The second-order valence-electron chi connectivity index (χ2n) is 9.14. The molecule has 7 nitrogen and oxygen atoms in total. The van der Waals surface area contributed by atoms with Crippen molar-refractivity contribution in [1.29, 1.82) is 0 Å². The standard InChI is InChI=1S/C21H33BN2O5/c1-13(2)11-17(25)19(27)24-16(18(23)26)12-14-7-9-15(10-8-14)22-28-20(3,4)21(5,6)29-22/h7-10,13,16-17,25H,11-12H2,1-6H3,(H2,23,26)(H,24,27)/t16-,17+/m1/s1. The van der Waals surface area contributed by atoms with Gasteiger partial charge >= 0.3 is 7.12 Å². The van der Waals surface area contributed by atoms with Crippen molar-refractivity contribution in [1.82, 2.24) is 5.32 Å². The highest BCUT2D eigenvalue weighted by Gasteiger charge is 2.51. The predicted molar refractivity (Wildman–Crippen MR) is 112 cm³/mol. The normalized spacial score (nSPS) is 19.8.